The van der Waals surface area contributed by atoms with Crippen molar-refractivity contribution in [2.45, 2.75) is 64.1 Å². The van der Waals surface area contributed by atoms with Crippen molar-refractivity contribution >= 4 is 17.5 Å². The first-order valence-corrected chi connectivity index (χ1v) is 12.8. The lowest BCUT2D eigenvalue weighted by Gasteiger charge is -2.29. The first-order chi connectivity index (χ1) is 18.2. The Morgan fingerprint density at radius 2 is 1.76 bits per heavy atom. The van der Waals surface area contributed by atoms with Gasteiger partial charge in [-0.3, -0.25) is 4.79 Å². The summed E-state index contributed by atoms with van der Waals surface area (Å²) < 4.78 is 50.5. The van der Waals surface area contributed by atoms with E-state index in [2.05, 4.69) is 6.58 Å². The lowest BCUT2D eigenvalue weighted by Crippen LogP contribution is -2.34. The molecule has 2 unspecified atom stereocenters. The monoisotopic (exact) mass is 526 g/mol. The largest absolute Gasteiger partial charge is 0.449 e. The van der Waals surface area contributed by atoms with Crippen molar-refractivity contribution in [2.75, 3.05) is 0 Å². The van der Waals surface area contributed by atoms with Gasteiger partial charge in [0.05, 0.1) is 11.0 Å². The average Bonchev–Trinajstić information content (AvgIpc) is 2.91. The summed E-state index contributed by atoms with van der Waals surface area (Å²) in [5.41, 5.74) is 1.06. The number of esters is 2. The summed E-state index contributed by atoms with van der Waals surface area (Å²) >= 11 is 0. The predicted octanol–water partition coefficient (Wildman–Crippen LogP) is 8.26. The van der Waals surface area contributed by atoms with Crippen LogP contribution in [0.4, 0.5) is 13.2 Å². The Bertz CT molecular complexity index is 1150. The summed E-state index contributed by atoms with van der Waals surface area (Å²) in [5, 5.41) is 0. The van der Waals surface area contributed by atoms with Gasteiger partial charge in [0.1, 0.15) is 5.75 Å². The summed E-state index contributed by atoms with van der Waals surface area (Å²) in [4.78, 5) is 25.6. The van der Waals surface area contributed by atoms with Crippen LogP contribution in [0.5, 0.6) is 5.75 Å². The Morgan fingerprint density at radius 3 is 2.34 bits per heavy atom. The summed E-state index contributed by atoms with van der Waals surface area (Å²) in [6.07, 6.45) is 3.75. The molecule has 0 aliphatic heterocycles. The van der Waals surface area contributed by atoms with E-state index in [1.807, 2.05) is 55.5 Å². The maximum absolute atomic E-state index is 13.4. The number of carbonyl (C=O) groups excluding carboxylic acids is 2. The maximum atomic E-state index is 13.4. The maximum Gasteiger partial charge on any atom is 0.425 e. The van der Waals surface area contributed by atoms with Gasteiger partial charge in [0.25, 0.3) is 0 Å². The Balaban J connectivity index is 1.64. The van der Waals surface area contributed by atoms with Crippen molar-refractivity contribution in [2.24, 2.45) is 5.41 Å². The minimum Gasteiger partial charge on any atom is -0.449 e. The first kappa shape index (κ1) is 29.0. The third kappa shape index (κ3) is 7.70. The minimum atomic E-state index is -4.64. The fraction of sp³-hybridized carbons (Fsp3) is 0.355. The van der Waals surface area contributed by atoms with E-state index >= 15 is 0 Å². The van der Waals surface area contributed by atoms with E-state index in [4.69, 9.17) is 9.47 Å². The number of alkyl halides is 3. The lowest BCUT2D eigenvalue weighted by molar-refractivity contribution is -0.206. The zero-order chi connectivity index (χ0) is 27.6. The molecule has 2 atom stereocenters. The molecule has 0 N–H and O–H groups in total. The van der Waals surface area contributed by atoms with E-state index in [-0.39, 0.29) is 17.7 Å². The van der Waals surface area contributed by atoms with Gasteiger partial charge in [-0.1, -0.05) is 80.8 Å². The second kappa shape index (κ2) is 13.3. The number of carbonyl (C=O) groups is 2. The van der Waals surface area contributed by atoms with Crippen LogP contribution in [-0.4, -0.2) is 24.2 Å². The van der Waals surface area contributed by atoms with E-state index in [1.165, 1.54) is 24.3 Å². The third-order valence-corrected chi connectivity index (χ3v) is 6.53. The highest BCUT2D eigenvalue weighted by Gasteiger charge is 2.42. The number of unbranched alkanes of at least 4 members (excludes halogenated alkanes) is 3. The second-order valence-corrected chi connectivity index (χ2v) is 9.41. The van der Waals surface area contributed by atoms with E-state index in [0.717, 1.165) is 24.0 Å². The zero-order valence-electron chi connectivity index (χ0n) is 21.5. The van der Waals surface area contributed by atoms with E-state index in [1.54, 1.807) is 6.08 Å². The normalized spacial score (nSPS) is 17.8. The van der Waals surface area contributed by atoms with Crippen molar-refractivity contribution in [1.29, 1.82) is 0 Å². The highest BCUT2D eigenvalue weighted by molar-refractivity contribution is 5.90. The standard InChI is InChI=1S/C31H33F3O4/c1-3-5-6-10-13-27(31(32,33)34)38-28(35)25-14-16-26(17-15-25)37-29(36)30(20-4-2)21-18-24(19-22-30)23-11-8-7-9-12-23/h4,7-9,11-12,14-19,21,27H,2-3,5-6,10,13,20,22H2,1H3. The average molecular weight is 527 g/mol. The number of ether oxygens (including phenoxy) is 2. The van der Waals surface area contributed by atoms with Gasteiger partial charge in [0.2, 0.25) is 0 Å². The summed E-state index contributed by atoms with van der Waals surface area (Å²) in [7, 11) is 0. The summed E-state index contributed by atoms with van der Waals surface area (Å²) in [6.45, 7) is 5.74. The van der Waals surface area contributed by atoms with Gasteiger partial charge in [0.15, 0.2) is 6.10 Å². The molecule has 4 nitrogen and oxygen atoms in total. The Labute approximate surface area is 221 Å². The molecular weight excluding hydrogens is 493 g/mol. The summed E-state index contributed by atoms with van der Waals surface area (Å²) in [6, 6.07) is 15.1. The summed E-state index contributed by atoms with van der Waals surface area (Å²) in [5.74, 6) is -1.39. The molecule has 0 saturated heterocycles. The Hall–Kier alpha value is -3.61. The number of hydrogen-bond acceptors (Lipinski definition) is 4. The first-order valence-electron chi connectivity index (χ1n) is 12.8. The molecule has 0 amide bonds. The van der Waals surface area contributed by atoms with Crippen LogP contribution in [0.15, 0.2) is 85.5 Å². The van der Waals surface area contributed by atoms with Crippen molar-refractivity contribution in [3.8, 4) is 5.75 Å². The van der Waals surface area contributed by atoms with Crippen molar-refractivity contribution in [3.63, 3.8) is 0 Å². The van der Waals surface area contributed by atoms with E-state index in [0.29, 0.717) is 25.7 Å². The SMILES string of the molecule is C=CCC1(C(=O)Oc2ccc(C(=O)OC(CCCCCC)C(F)(F)F)cc2)C=CC(c2ccccc2)=CC1. The second-order valence-electron chi connectivity index (χ2n) is 9.41. The van der Waals surface area contributed by atoms with Gasteiger partial charge >= 0.3 is 18.1 Å². The van der Waals surface area contributed by atoms with Crippen molar-refractivity contribution in [1.82, 2.24) is 0 Å². The lowest BCUT2D eigenvalue weighted by atomic mass is 9.76. The molecule has 1 aliphatic rings. The number of allylic oxidation sites excluding steroid dienone is 4. The molecular formula is C31H33F3O4. The third-order valence-electron chi connectivity index (χ3n) is 6.53. The molecule has 3 rings (SSSR count). The number of halogens is 3. The van der Waals surface area contributed by atoms with Crippen LogP contribution in [0.25, 0.3) is 5.57 Å². The van der Waals surface area contributed by atoms with Crippen LogP contribution >= 0.6 is 0 Å². The molecule has 0 fully saturated rings. The molecule has 38 heavy (non-hydrogen) atoms. The molecule has 2 aromatic carbocycles. The van der Waals surface area contributed by atoms with Gasteiger partial charge in [-0.05, 0) is 61.1 Å². The molecule has 2 aromatic rings. The molecule has 0 radical (unpaired) electrons. The van der Waals surface area contributed by atoms with Crippen LogP contribution in [-0.2, 0) is 9.53 Å². The van der Waals surface area contributed by atoms with Crippen LogP contribution in [0.1, 0.15) is 67.8 Å². The Morgan fingerprint density at radius 1 is 1.05 bits per heavy atom. The molecule has 0 spiro atoms. The van der Waals surface area contributed by atoms with E-state index < -0.39 is 29.6 Å². The smallest absolute Gasteiger partial charge is 0.425 e. The molecule has 202 valence electrons. The number of rotatable bonds is 12. The molecule has 0 heterocycles. The van der Waals surface area contributed by atoms with Gasteiger partial charge in [0, 0.05) is 0 Å². The quantitative estimate of drug-likeness (QED) is 0.121. The van der Waals surface area contributed by atoms with Gasteiger partial charge < -0.3 is 9.47 Å². The molecule has 0 saturated carbocycles. The number of benzene rings is 2. The number of hydrogen-bond donors (Lipinski definition) is 0. The minimum absolute atomic E-state index is 0.0542. The molecule has 1 aliphatic carbocycles. The van der Waals surface area contributed by atoms with Gasteiger partial charge in [-0.15, -0.1) is 6.58 Å². The topological polar surface area (TPSA) is 52.6 Å². The van der Waals surface area contributed by atoms with Crippen LogP contribution in [0.3, 0.4) is 0 Å². The Kier molecular flexibility index (Phi) is 10.1. The molecule has 7 heteroatoms. The highest BCUT2D eigenvalue weighted by Crippen LogP contribution is 2.38. The van der Waals surface area contributed by atoms with Crippen molar-refractivity contribution < 1.29 is 32.2 Å². The van der Waals surface area contributed by atoms with Crippen molar-refractivity contribution in [3.05, 3.63) is 96.6 Å². The predicted molar refractivity (Wildman–Crippen MR) is 142 cm³/mol. The van der Waals surface area contributed by atoms with Crippen LogP contribution in [0, 0.1) is 5.41 Å². The van der Waals surface area contributed by atoms with Crippen LogP contribution in [0.2, 0.25) is 0 Å². The zero-order valence-corrected chi connectivity index (χ0v) is 21.5. The van der Waals surface area contributed by atoms with Gasteiger partial charge in [-0.2, -0.15) is 13.2 Å². The fourth-order valence-electron chi connectivity index (χ4n) is 4.28. The highest BCUT2D eigenvalue weighted by atomic mass is 19.4. The molecule has 0 aromatic heterocycles. The van der Waals surface area contributed by atoms with Gasteiger partial charge in [-0.25, -0.2) is 4.79 Å². The van der Waals surface area contributed by atoms with E-state index in [9.17, 15) is 22.8 Å². The van der Waals surface area contributed by atoms with Crippen LogP contribution < -0.4 is 4.74 Å². The fourth-order valence-corrected chi connectivity index (χ4v) is 4.28. The molecule has 0 bridgehead atoms.